The highest BCUT2D eigenvalue weighted by Crippen LogP contribution is 2.33. The molecule has 28 heavy (non-hydrogen) atoms. The molecule has 1 aliphatic rings. The number of rotatable bonds is 2. The summed E-state index contributed by atoms with van der Waals surface area (Å²) in [7, 11) is 1.33. The molecule has 1 aromatic heterocycles. The third-order valence-electron chi connectivity index (χ3n) is 5.33. The van der Waals surface area contributed by atoms with Crippen LogP contribution in [0.4, 0.5) is 0 Å². The van der Waals surface area contributed by atoms with Gasteiger partial charge in [0.1, 0.15) is 11.3 Å². The number of carbonyl (C=O) groups is 1. The highest BCUT2D eigenvalue weighted by atomic mass is 16.5. The molecule has 4 heteroatoms. The van der Waals surface area contributed by atoms with Gasteiger partial charge in [0.15, 0.2) is 5.43 Å². The molecule has 1 heterocycles. The van der Waals surface area contributed by atoms with Gasteiger partial charge in [-0.05, 0) is 74.1 Å². The van der Waals surface area contributed by atoms with Gasteiger partial charge in [-0.1, -0.05) is 23.8 Å². The van der Waals surface area contributed by atoms with Crippen molar-refractivity contribution in [3.8, 4) is 0 Å². The first-order chi connectivity index (χ1) is 13.5. The standard InChI is InChI=1S/C24H22O4/c1-14-7-8-15(2)18(11-14)12-16-5-4-6-19-22(25)20-13-17(24(26)27-3)9-10-21(20)28-23(16)19/h7-13H,4-6H2,1-3H3. The van der Waals surface area contributed by atoms with E-state index in [9.17, 15) is 9.59 Å². The smallest absolute Gasteiger partial charge is 0.337 e. The van der Waals surface area contributed by atoms with E-state index < -0.39 is 5.97 Å². The van der Waals surface area contributed by atoms with Gasteiger partial charge in [-0.25, -0.2) is 4.79 Å². The molecule has 0 fully saturated rings. The molecule has 0 saturated heterocycles. The maximum Gasteiger partial charge on any atom is 0.337 e. The van der Waals surface area contributed by atoms with Gasteiger partial charge in [-0.15, -0.1) is 0 Å². The molecule has 0 saturated carbocycles. The summed E-state index contributed by atoms with van der Waals surface area (Å²) in [4.78, 5) is 24.9. The first kappa shape index (κ1) is 18.2. The van der Waals surface area contributed by atoms with Crippen LogP contribution in [0.3, 0.4) is 0 Å². The molecule has 0 spiro atoms. The Morgan fingerprint density at radius 3 is 2.71 bits per heavy atom. The van der Waals surface area contributed by atoms with E-state index in [2.05, 4.69) is 38.1 Å². The number of methoxy groups -OCH3 is 1. The number of fused-ring (bicyclic) bond motifs is 2. The fraction of sp³-hybridized carbons (Fsp3) is 0.250. The van der Waals surface area contributed by atoms with Crippen molar-refractivity contribution in [3.05, 3.63) is 80.2 Å². The van der Waals surface area contributed by atoms with E-state index in [4.69, 9.17) is 9.15 Å². The molecule has 0 N–H and O–H groups in total. The molecule has 3 aromatic rings. The lowest BCUT2D eigenvalue weighted by molar-refractivity contribution is 0.0601. The third-order valence-corrected chi connectivity index (χ3v) is 5.33. The van der Waals surface area contributed by atoms with Crippen molar-refractivity contribution in [2.45, 2.75) is 33.1 Å². The zero-order valence-corrected chi connectivity index (χ0v) is 16.3. The topological polar surface area (TPSA) is 56.5 Å². The molecule has 0 atom stereocenters. The fourth-order valence-electron chi connectivity index (χ4n) is 3.77. The Kier molecular flexibility index (Phi) is 4.63. The van der Waals surface area contributed by atoms with Gasteiger partial charge >= 0.3 is 5.97 Å². The Balaban J connectivity index is 1.90. The van der Waals surface area contributed by atoms with Crippen LogP contribution in [0.15, 0.2) is 45.6 Å². The van der Waals surface area contributed by atoms with Crippen molar-refractivity contribution < 1.29 is 13.9 Å². The summed E-state index contributed by atoms with van der Waals surface area (Å²) < 4.78 is 10.9. The number of carbonyl (C=O) groups excluding carboxylic acids is 1. The minimum atomic E-state index is -0.463. The third kappa shape index (κ3) is 3.15. The molecule has 0 unspecified atom stereocenters. The average molecular weight is 374 g/mol. The monoisotopic (exact) mass is 374 g/mol. The Labute approximate surface area is 163 Å². The number of benzene rings is 2. The number of hydrogen-bond acceptors (Lipinski definition) is 4. The zero-order chi connectivity index (χ0) is 19.8. The summed E-state index contributed by atoms with van der Waals surface area (Å²) in [5, 5.41) is 0.426. The lowest BCUT2D eigenvalue weighted by Gasteiger charge is -2.18. The van der Waals surface area contributed by atoms with Gasteiger partial charge in [0.2, 0.25) is 0 Å². The van der Waals surface area contributed by atoms with Crippen LogP contribution in [-0.4, -0.2) is 13.1 Å². The second kappa shape index (κ2) is 7.12. The average Bonchev–Trinajstić information content (AvgIpc) is 2.70. The molecular formula is C24H22O4. The molecule has 4 nitrogen and oxygen atoms in total. The minimum Gasteiger partial charge on any atom is -0.465 e. The molecule has 0 aliphatic heterocycles. The highest BCUT2D eigenvalue weighted by molar-refractivity contribution is 5.94. The molecule has 0 bridgehead atoms. The van der Waals surface area contributed by atoms with Crippen molar-refractivity contribution in [2.75, 3.05) is 7.11 Å². The molecule has 0 amide bonds. The van der Waals surface area contributed by atoms with Crippen molar-refractivity contribution in [2.24, 2.45) is 0 Å². The Hall–Kier alpha value is -3.14. The number of ether oxygens (including phenoxy) is 1. The van der Waals surface area contributed by atoms with Gasteiger partial charge in [0.25, 0.3) is 0 Å². The van der Waals surface area contributed by atoms with Gasteiger partial charge in [-0.2, -0.15) is 0 Å². The summed E-state index contributed by atoms with van der Waals surface area (Å²) in [6.45, 7) is 4.16. The van der Waals surface area contributed by atoms with E-state index in [1.807, 2.05) is 0 Å². The molecule has 1 aliphatic carbocycles. The molecule has 142 valence electrons. The molecular weight excluding hydrogens is 352 g/mol. The minimum absolute atomic E-state index is 0.0615. The van der Waals surface area contributed by atoms with E-state index in [1.54, 1.807) is 18.2 Å². The van der Waals surface area contributed by atoms with Gasteiger partial charge < -0.3 is 9.15 Å². The summed E-state index contributed by atoms with van der Waals surface area (Å²) in [5.74, 6) is 0.213. The molecule has 2 aromatic carbocycles. The van der Waals surface area contributed by atoms with Crippen LogP contribution in [-0.2, 0) is 11.2 Å². The van der Waals surface area contributed by atoms with Crippen LogP contribution in [0, 0.1) is 13.8 Å². The van der Waals surface area contributed by atoms with E-state index in [1.165, 1.54) is 18.2 Å². The predicted molar refractivity (Wildman–Crippen MR) is 111 cm³/mol. The molecule has 0 radical (unpaired) electrons. The highest BCUT2D eigenvalue weighted by Gasteiger charge is 2.22. The van der Waals surface area contributed by atoms with Crippen molar-refractivity contribution in [1.82, 2.24) is 0 Å². The second-order valence-electron chi connectivity index (χ2n) is 7.32. The fourth-order valence-corrected chi connectivity index (χ4v) is 3.77. The number of allylic oxidation sites excluding steroid dienone is 1. The van der Waals surface area contributed by atoms with Crippen molar-refractivity contribution >= 4 is 28.6 Å². The quantitative estimate of drug-likeness (QED) is 0.588. The number of aryl methyl sites for hydroxylation is 2. The first-order valence-electron chi connectivity index (χ1n) is 9.44. The van der Waals surface area contributed by atoms with E-state index in [0.29, 0.717) is 34.3 Å². The number of hydrogen-bond donors (Lipinski definition) is 0. The van der Waals surface area contributed by atoms with E-state index >= 15 is 0 Å². The Bertz CT molecular complexity index is 1180. The van der Waals surface area contributed by atoms with E-state index in [0.717, 1.165) is 24.0 Å². The Morgan fingerprint density at radius 1 is 1.11 bits per heavy atom. The molecule has 4 rings (SSSR count). The van der Waals surface area contributed by atoms with Crippen molar-refractivity contribution in [3.63, 3.8) is 0 Å². The van der Waals surface area contributed by atoms with Crippen LogP contribution >= 0.6 is 0 Å². The van der Waals surface area contributed by atoms with Gasteiger partial charge in [-0.3, -0.25) is 4.79 Å². The summed E-state index contributed by atoms with van der Waals surface area (Å²) in [6.07, 6.45) is 4.59. The largest absolute Gasteiger partial charge is 0.465 e. The summed E-state index contributed by atoms with van der Waals surface area (Å²) in [5.41, 5.74) is 6.05. The second-order valence-corrected chi connectivity index (χ2v) is 7.32. The van der Waals surface area contributed by atoms with Crippen molar-refractivity contribution in [1.29, 1.82) is 0 Å². The maximum absolute atomic E-state index is 13.1. The van der Waals surface area contributed by atoms with Gasteiger partial charge in [0, 0.05) is 5.56 Å². The summed E-state index contributed by atoms with van der Waals surface area (Å²) in [6, 6.07) is 11.2. The predicted octanol–water partition coefficient (Wildman–Crippen LogP) is 5.07. The van der Waals surface area contributed by atoms with Crippen LogP contribution in [0.2, 0.25) is 0 Å². The van der Waals surface area contributed by atoms with E-state index in [-0.39, 0.29) is 5.43 Å². The normalized spacial score (nSPS) is 14.9. The maximum atomic E-state index is 13.1. The van der Waals surface area contributed by atoms with Crippen LogP contribution < -0.4 is 5.43 Å². The zero-order valence-electron chi connectivity index (χ0n) is 16.3. The van der Waals surface area contributed by atoms with Gasteiger partial charge in [0.05, 0.1) is 18.1 Å². The number of esters is 1. The first-order valence-corrected chi connectivity index (χ1v) is 9.44. The van der Waals surface area contributed by atoms with Crippen LogP contribution in [0.1, 0.15) is 51.2 Å². The summed E-state index contributed by atoms with van der Waals surface area (Å²) >= 11 is 0. The lowest BCUT2D eigenvalue weighted by Crippen LogP contribution is -2.16. The Morgan fingerprint density at radius 2 is 1.93 bits per heavy atom. The SMILES string of the molecule is COC(=O)c1ccc2oc3c(c(=O)c2c1)CCCC3=Cc1cc(C)ccc1C. The van der Waals surface area contributed by atoms with Crippen LogP contribution in [0.5, 0.6) is 0 Å². The lowest BCUT2D eigenvalue weighted by atomic mass is 9.89. The van der Waals surface area contributed by atoms with Crippen LogP contribution in [0.25, 0.3) is 22.6 Å².